The zero-order chi connectivity index (χ0) is 25.1. The number of sulfonamides is 1. The number of amides is 1. The van der Waals surface area contributed by atoms with Crippen molar-refractivity contribution in [2.24, 2.45) is 5.10 Å². The number of carbonyl (C=O) groups excluding carboxylic acids is 1. The number of hydrazone groups is 1. The van der Waals surface area contributed by atoms with Crippen LogP contribution >= 0.6 is 0 Å². The van der Waals surface area contributed by atoms with Gasteiger partial charge in [-0.1, -0.05) is 6.92 Å². The number of anilines is 1. The molecule has 1 atom stereocenters. The molecule has 2 rings (SSSR count). The molecule has 0 aliphatic carbocycles. The van der Waals surface area contributed by atoms with Gasteiger partial charge >= 0.3 is 0 Å². The summed E-state index contributed by atoms with van der Waals surface area (Å²) in [5.74, 6) is 1.25. The van der Waals surface area contributed by atoms with E-state index in [9.17, 15) is 13.2 Å². The Morgan fingerprint density at radius 2 is 1.71 bits per heavy atom. The molecule has 0 heterocycles. The first kappa shape index (κ1) is 27.0. The van der Waals surface area contributed by atoms with Crippen LogP contribution in [0.1, 0.15) is 39.7 Å². The smallest absolute Gasteiger partial charge is 0.263 e. The van der Waals surface area contributed by atoms with Crippen molar-refractivity contribution in [1.29, 1.82) is 0 Å². The molecule has 0 aromatic heterocycles. The monoisotopic (exact) mass is 491 g/mol. The first-order valence-corrected chi connectivity index (χ1v) is 13.0. The molecule has 1 N–H and O–H groups in total. The zero-order valence-electron chi connectivity index (χ0n) is 20.3. The Morgan fingerprint density at radius 1 is 1.03 bits per heavy atom. The molecule has 10 heteroatoms. The lowest BCUT2D eigenvalue weighted by Gasteiger charge is -2.27. The molecule has 0 unspecified atom stereocenters. The van der Waals surface area contributed by atoms with E-state index in [-0.39, 0.29) is 0 Å². The van der Waals surface area contributed by atoms with Crippen molar-refractivity contribution in [2.75, 3.05) is 30.4 Å². The molecule has 0 bridgehead atoms. The van der Waals surface area contributed by atoms with Crippen LogP contribution in [0.2, 0.25) is 0 Å². The molecule has 1 amide bonds. The van der Waals surface area contributed by atoms with Crippen molar-refractivity contribution in [3.05, 3.63) is 48.0 Å². The number of hydrogen-bond acceptors (Lipinski definition) is 7. The fourth-order valence-corrected chi connectivity index (χ4v) is 4.31. The predicted octanol–water partition coefficient (Wildman–Crippen LogP) is 3.58. The van der Waals surface area contributed by atoms with Gasteiger partial charge in [-0.25, -0.2) is 13.8 Å². The normalized spacial score (nSPS) is 12.3. The van der Waals surface area contributed by atoms with E-state index in [4.69, 9.17) is 14.2 Å². The first-order valence-electron chi connectivity index (χ1n) is 11.2. The Balaban J connectivity index is 2.14. The van der Waals surface area contributed by atoms with Crippen LogP contribution in [0.3, 0.4) is 0 Å². The second-order valence-corrected chi connectivity index (χ2v) is 9.24. The van der Waals surface area contributed by atoms with Crippen molar-refractivity contribution in [3.8, 4) is 17.2 Å². The van der Waals surface area contributed by atoms with Gasteiger partial charge in [0, 0.05) is 0 Å². The molecule has 34 heavy (non-hydrogen) atoms. The lowest BCUT2D eigenvalue weighted by molar-refractivity contribution is -0.121. The second kappa shape index (κ2) is 12.8. The van der Waals surface area contributed by atoms with Crippen LogP contribution < -0.4 is 23.9 Å². The summed E-state index contributed by atoms with van der Waals surface area (Å²) in [6.07, 6.45) is 3.38. The van der Waals surface area contributed by atoms with Gasteiger partial charge < -0.3 is 14.2 Å². The molecular weight excluding hydrogens is 458 g/mol. The summed E-state index contributed by atoms with van der Waals surface area (Å²) in [7, 11) is -3.74. The molecule has 0 spiro atoms. The molecular formula is C24H33N3O6S. The lowest BCUT2D eigenvalue weighted by atomic mass is 10.2. The molecule has 0 radical (unpaired) electrons. The van der Waals surface area contributed by atoms with E-state index in [0.29, 0.717) is 48.3 Å². The van der Waals surface area contributed by atoms with Crippen molar-refractivity contribution in [3.63, 3.8) is 0 Å². The Morgan fingerprint density at radius 3 is 2.29 bits per heavy atom. The maximum atomic E-state index is 12.7. The summed E-state index contributed by atoms with van der Waals surface area (Å²) in [6, 6.07) is 10.8. The van der Waals surface area contributed by atoms with E-state index in [0.717, 1.165) is 17.0 Å². The minimum absolute atomic E-state index is 0.349. The first-order chi connectivity index (χ1) is 16.2. The van der Waals surface area contributed by atoms with Crippen LogP contribution in [0.4, 0.5) is 5.69 Å². The standard InChI is InChI=1S/C24H33N3O6S/c1-6-15-33-22-14-9-19(16-23(22)32-8-3)17-25-26-24(28)18(4)27(34(5,29)30)20-10-12-21(13-11-20)31-7-2/h9-14,16-18H,6-8,15H2,1-5H3,(H,26,28)/b25-17-/t18-/m1/s1. The largest absolute Gasteiger partial charge is 0.494 e. The number of rotatable bonds is 13. The van der Waals surface area contributed by atoms with Gasteiger partial charge in [0.05, 0.1) is 38.0 Å². The summed E-state index contributed by atoms with van der Waals surface area (Å²) in [5.41, 5.74) is 3.45. The quantitative estimate of drug-likeness (QED) is 0.339. The van der Waals surface area contributed by atoms with Crippen molar-refractivity contribution in [2.45, 2.75) is 40.2 Å². The van der Waals surface area contributed by atoms with Crippen molar-refractivity contribution >= 4 is 27.8 Å². The summed E-state index contributed by atoms with van der Waals surface area (Å²) < 4.78 is 42.6. The molecule has 186 valence electrons. The van der Waals surface area contributed by atoms with E-state index in [2.05, 4.69) is 10.5 Å². The van der Waals surface area contributed by atoms with Gasteiger partial charge in [0.25, 0.3) is 5.91 Å². The van der Waals surface area contributed by atoms with Crippen molar-refractivity contribution in [1.82, 2.24) is 5.43 Å². The highest BCUT2D eigenvalue weighted by atomic mass is 32.2. The van der Waals surface area contributed by atoms with Crippen LogP contribution in [0, 0.1) is 0 Å². The average molecular weight is 492 g/mol. The van der Waals surface area contributed by atoms with Crippen LogP contribution in [0.15, 0.2) is 47.6 Å². The third kappa shape index (κ3) is 7.65. The number of benzene rings is 2. The average Bonchev–Trinajstić information content (AvgIpc) is 2.79. The molecule has 2 aromatic carbocycles. The van der Waals surface area contributed by atoms with E-state index >= 15 is 0 Å². The number of nitrogens with zero attached hydrogens (tertiary/aromatic N) is 2. The number of hydrogen-bond donors (Lipinski definition) is 1. The third-order valence-corrected chi connectivity index (χ3v) is 5.85. The Hall–Kier alpha value is -3.27. The predicted molar refractivity (Wildman–Crippen MR) is 134 cm³/mol. The van der Waals surface area contributed by atoms with Gasteiger partial charge in [0.1, 0.15) is 11.8 Å². The summed E-state index contributed by atoms with van der Waals surface area (Å²) in [6.45, 7) is 8.80. The third-order valence-electron chi connectivity index (χ3n) is 4.61. The van der Waals surface area contributed by atoms with E-state index in [1.807, 2.05) is 20.8 Å². The number of carbonyl (C=O) groups is 1. The SMILES string of the molecule is CCCOc1ccc(/C=N\NC(=O)[C@@H](C)N(c2ccc(OCC)cc2)S(C)(=O)=O)cc1OCC. The van der Waals surface area contributed by atoms with Crippen LogP contribution in [-0.2, 0) is 14.8 Å². The van der Waals surface area contributed by atoms with E-state index in [1.165, 1.54) is 13.1 Å². The van der Waals surface area contributed by atoms with Crippen LogP contribution in [0.5, 0.6) is 17.2 Å². The van der Waals surface area contributed by atoms with Gasteiger partial charge in [-0.2, -0.15) is 5.10 Å². The number of nitrogens with one attached hydrogen (secondary N) is 1. The summed E-state index contributed by atoms with van der Waals surface area (Å²) >= 11 is 0. The van der Waals surface area contributed by atoms with E-state index in [1.54, 1.807) is 42.5 Å². The van der Waals surface area contributed by atoms with Gasteiger partial charge in [-0.15, -0.1) is 0 Å². The molecule has 0 aliphatic rings. The second-order valence-electron chi connectivity index (χ2n) is 7.38. The topological polar surface area (TPSA) is 107 Å². The highest BCUT2D eigenvalue weighted by Crippen LogP contribution is 2.28. The van der Waals surface area contributed by atoms with Crippen LogP contribution in [0.25, 0.3) is 0 Å². The Kier molecular flexibility index (Phi) is 10.2. The van der Waals surface area contributed by atoms with Gasteiger partial charge in [0.15, 0.2) is 11.5 Å². The number of ether oxygens (including phenoxy) is 3. The van der Waals surface area contributed by atoms with Crippen molar-refractivity contribution < 1.29 is 27.4 Å². The van der Waals surface area contributed by atoms with Gasteiger partial charge in [-0.3, -0.25) is 9.10 Å². The molecule has 2 aromatic rings. The van der Waals surface area contributed by atoms with E-state index < -0.39 is 22.0 Å². The Bertz CT molecular complexity index is 1070. The Labute approximate surface area is 201 Å². The zero-order valence-corrected chi connectivity index (χ0v) is 21.1. The molecule has 0 saturated heterocycles. The summed E-state index contributed by atoms with van der Waals surface area (Å²) in [4.78, 5) is 12.7. The minimum atomic E-state index is -3.74. The fourth-order valence-electron chi connectivity index (χ4n) is 3.13. The minimum Gasteiger partial charge on any atom is -0.494 e. The molecule has 0 saturated carbocycles. The molecule has 0 fully saturated rings. The maximum absolute atomic E-state index is 12.7. The van der Waals surface area contributed by atoms with Gasteiger partial charge in [0.2, 0.25) is 10.0 Å². The molecule has 9 nitrogen and oxygen atoms in total. The molecule has 0 aliphatic heterocycles. The fraction of sp³-hybridized carbons (Fsp3) is 0.417. The summed E-state index contributed by atoms with van der Waals surface area (Å²) in [5, 5.41) is 3.99. The maximum Gasteiger partial charge on any atom is 0.263 e. The van der Waals surface area contributed by atoms with Crippen LogP contribution in [-0.4, -0.2) is 52.7 Å². The van der Waals surface area contributed by atoms with Gasteiger partial charge in [-0.05, 0) is 75.2 Å². The highest BCUT2D eigenvalue weighted by Gasteiger charge is 2.29. The lowest BCUT2D eigenvalue weighted by Crippen LogP contribution is -2.46. The highest BCUT2D eigenvalue weighted by molar-refractivity contribution is 7.92.